The average molecular weight is 422 g/mol. The number of aliphatic hydroxyl groups excluding tert-OH is 1. The molecule has 0 aliphatic carbocycles. The van der Waals surface area contributed by atoms with Gasteiger partial charge in [0.15, 0.2) is 6.10 Å². The van der Waals surface area contributed by atoms with Crippen LogP contribution in [0.5, 0.6) is 0 Å². The van der Waals surface area contributed by atoms with Gasteiger partial charge in [0.05, 0.1) is 11.4 Å². The van der Waals surface area contributed by atoms with Gasteiger partial charge in [-0.25, -0.2) is 4.68 Å². The summed E-state index contributed by atoms with van der Waals surface area (Å²) in [6, 6.07) is 7.17. The zero-order valence-corrected chi connectivity index (χ0v) is 16.2. The fraction of sp³-hybridized carbons (Fsp3) is 0.500. The molecule has 1 aromatic carbocycles. The van der Waals surface area contributed by atoms with E-state index in [0.717, 1.165) is 16.9 Å². The Balaban J connectivity index is 1.69. The van der Waals surface area contributed by atoms with Gasteiger partial charge in [0.25, 0.3) is 0 Å². The molecule has 0 radical (unpaired) electrons. The van der Waals surface area contributed by atoms with E-state index in [9.17, 15) is 18.3 Å². The number of aromatic nitrogens is 2. The van der Waals surface area contributed by atoms with Crippen LogP contribution in [0.25, 0.3) is 5.69 Å². The van der Waals surface area contributed by atoms with Gasteiger partial charge in [0.1, 0.15) is 5.15 Å². The zero-order chi connectivity index (χ0) is 19.8. The largest absolute Gasteiger partial charge is 0.414 e. The molecule has 1 aliphatic heterocycles. The van der Waals surface area contributed by atoms with Gasteiger partial charge in [0.2, 0.25) is 0 Å². The number of aryl methyl sites for hydroxylation is 1. The smallest absolute Gasteiger partial charge is 0.383 e. The highest BCUT2D eigenvalue weighted by Crippen LogP contribution is 2.33. The van der Waals surface area contributed by atoms with Gasteiger partial charge in [-0.1, -0.05) is 29.3 Å². The van der Waals surface area contributed by atoms with Crippen LogP contribution in [0.4, 0.5) is 13.2 Å². The first-order valence-corrected chi connectivity index (χ1v) is 9.39. The molecule has 2 aromatic rings. The third-order valence-electron chi connectivity index (χ3n) is 4.97. The topological polar surface area (TPSA) is 41.3 Å². The standard InChI is InChI=1S/C18H20Cl2F3N3O/c1-11-15(17(20)26(24-11)14-4-2-3-13(19)9-14)10-25-7-5-12(6-8-25)16(27)18(21,22)23/h2-4,9,12,16,27H,5-8,10H2,1H3. The van der Waals surface area contributed by atoms with Crippen LogP contribution in [-0.2, 0) is 6.54 Å². The van der Waals surface area contributed by atoms with E-state index in [4.69, 9.17) is 23.2 Å². The third kappa shape index (κ3) is 4.59. The van der Waals surface area contributed by atoms with Crippen LogP contribution in [0.3, 0.4) is 0 Å². The number of hydrogen-bond acceptors (Lipinski definition) is 3. The minimum absolute atomic E-state index is 0.291. The summed E-state index contributed by atoms with van der Waals surface area (Å²) in [7, 11) is 0. The maximum Gasteiger partial charge on any atom is 0.414 e. The third-order valence-corrected chi connectivity index (χ3v) is 5.59. The van der Waals surface area contributed by atoms with Crippen molar-refractivity contribution in [3.05, 3.63) is 45.7 Å². The van der Waals surface area contributed by atoms with Crippen molar-refractivity contribution in [1.82, 2.24) is 14.7 Å². The molecule has 1 unspecified atom stereocenters. The lowest BCUT2D eigenvalue weighted by Crippen LogP contribution is -2.43. The lowest BCUT2D eigenvalue weighted by Gasteiger charge is -2.34. The minimum atomic E-state index is -4.56. The Kier molecular flexibility index (Phi) is 6.05. The number of piperidine rings is 1. The van der Waals surface area contributed by atoms with Crippen LogP contribution in [0.15, 0.2) is 24.3 Å². The average Bonchev–Trinajstić information content (AvgIpc) is 2.89. The molecule has 9 heteroatoms. The molecule has 148 valence electrons. The molecule has 1 aromatic heterocycles. The molecule has 0 amide bonds. The van der Waals surface area contributed by atoms with E-state index in [2.05, 4.69) is 5.10 Å². The molecule has 1 fully saturated rings. The number of rotatable bonds is 4. The van der Waals surface area contributed by atoms with Gasteiger partial charge in [-0.3, -0.25) is 4.90 Å². The van der Waals surface area contributed by atoms with Gasteiger partial charge < -0.3 is 5.11 Å². The highest BCUT2D eigenvalue weighted by Gasteiger charge is 2.44. The molecule has 0 bridgehead atoms. The van der Waals surface area contributed by atoms with Gasteiger partial charge in [-0.05, 0) is 57.0 Å². The molecule has 4 nitrogen and oxygen atoms in total. The van der Waals surface area contributed by atoms with Gasteiger partial charge in [-0.15, -0.1) is 0 Å². The van der Waals surface area contributed by atoms with Crippen molar-refractivity contribution in [1.29, 1.82) is 0 Å². The van der Waals surface area contributed by atoms with E-state index in [-0.39, 0.29) is 0 Å². The Morgan fingerprint density at radius 1 is 1.26 bits per heavy atom. The minimum Gasteiger partial charge on any atom is -0.383 e. The second-order valence-corrected chi connectivity index (χ2v) is 7.64. The molecule has 3 rings (SSSR count). The molecular formula is C18H20Cl2F3N3O. The molecule has 1 aliphatic rings. The van der Waals surface area contributed by atoms with E-state index in [1.165, 1.54) is 0 Å². The number of halogens is 5. The Labute approximate surface area is 165 Å². The van der Waals surface area contributed by atoms with E-state index < -0.39 is 18.2 Å². The Morgan fingerprint density at radius 2 is 1.93 bits per heavy atom. The normalized spacial score (nSPS) is 18.0. The van der Waals surface area contributed by atoms with E-state index >= 15 is 0 Å². The predicted octanol–water partition coefficient (Wildman–Crippen LogP) is 4.62. The molecule has 1 saturated heterocycles. The molecule has 1 atom stereocenters. The molecular weight excluding hydrogens is 402 g/mol. The van der Waals surface area contributed by atoms with Crippen LogP contribution < -0.4 is 0 Å². The summed E-state index contributed by atoms with van der Waals surface area (Å²) in [5, 5.41) is 14.9. The summed E-state index contributed by atoms with van der Waals surface area (Å²) in [5.41, 5.74) is 2.35. The SMILES string of the molecule is Cc1nn(-c2cccc(Cl)c2)c(Cl)c1CN1CCC(C(O)C(F)(F)F)CC1. The van der Waals surface area contributed by atoms with Crippen LogP contribution in [0.2, 0.25) is 10.2 Å². The predicted molar refractivity (Wildman–Crippen MR) is 98.4 cm³/mol. The van der Waals surface area contributed by atoms with E-state index in [1.807, 2.05) is 17.9 Å². The second-order valence-electron chi connectivity index (χ2n) is 6.85. The summed E-state index contributed by atoms with van der Waals surface area (Å²) in [6.07, 6.45) is -6.24. The number of benzene rings is 1. The second kappa shape index (κ2) is 7.99. The summed E-state index contributed by atoms with van der Waals surface area (Å²) < 4.78 is 39.6. The van der Waals surface area contributed by atoms with Crippen molar-refractivity contribution in [2.75, 3.05) is 13.1 Å². The number of likely N-dealkylation sites (tertiary alicyclic amines) is 1. The van der Waals surface area contributed by atoms with Gasteiger partial charge in [0, 0.05) is 17.1 Å². The van der Waals surface area contributed by atoms with Gasteiger partial charge in [-0.2, -0.15) is 18.3 Å². The van der Waals surface area contributed by atoms with Crippen molar-refractivity contribution in [2.24, 2.45) is 5.92 Å². The van der Waals surface area contributed by atoms with E-state index in [0.29, 0.717) is 42.7 Å². The van der Waals surface area contributed by atoms with Crippen molar-refractivity contribution in [3.63, 3.8) is 0 Å². The molecule has 2 heterocycles. The van der Waals surface area contributed by atoms with Crippen LogP contribution in [-0.4, -0.2) is 45.2 Å². The lowest BCUT2D eigenvalue weighted by atomic mass is 9.90. The first kappa shape index (κ1) is 20.5. The van der Waals surface area contributed by atoms with Crippen LogP contribution >= 0.6 is 23.2 Å². The molecule has 0 saturated carbocycles. The van der Waals surface area contributed by atoms with Crippen molar-refractivity contribution in [2.45, 2.75) is 38.6 Å². The maximum absolute atomic E-state index is 12.7. The number of hydrogen-bond donors (Lipinski definition) is 1. The van der Waals surface area contributed by atoms with Gasteiger partial charge >= 0.3 is 6.18 Å². The number of nitrogens with zero attached hydrogens (tertiary/aromatic N) is 3. The van der Waals surface area contributed by atoms with Crippen molar-refractivity contribution < 1.29 is 18.3 Å². The molecule has 1 N–H and O–H groups in total. The number of alkyl halides is 3. The summed E-state index contributed by atoms with van der Waals surface area (Å²) >= 11 is 12.5. The molecule has 0 spiro atoms. The highest BCUT2D eigenvalue weighted by atomic mass is 35.5. The van der Waals surface area contributed by atoms with Crippen LogP contribution in [0, 0.1) is 12.8 Å². The van der Waals surface area contributed by atoms with Crippen LogP contribution in [0.1, 0.15) is 24.1 Å². The highest BCUT2D eigenvalue weighted by molar-refractivity contribution is 6.31. The monoisotopic (exact) mass is 421 g/mol. The quantitative estimate of drug-likeness (QED) is 0.782. The Morgan fingerprint density at radius 3 is 2.52 bits per heavy atom. The Hall–Kier alpha value is -1.28. The Bertz CT molecular complexity index is 802. The number of aliphatic hydroxyl groups is 1. The fourth-order valence-corrected chi connectivity index (χ4v) is 3.92. The van der Waals surface area contributed by atoms with E-state index in [1.54, 1.807) is 22.9 Å². The fourth-order valence-electron chi connectivity index (χ4n) is 3.41. The van der Waals surface area contributed by atoms with Crippen molar-refractivity contribution >= 4 is 23.2 Å². The first-order valence-electron chi connectivity index (χ1n) is 8.64. The van der Waals surface area contributed by atoms with Crippen molar-refractivity contribution in [3.8, 4) is 5.69 Å². The summed E-state index contributed by atoms with van der Waals surface area (Å²) in [5.74, 6) is -0.757. The summed E-state index contributed by atoms with van der Waals surface area (Å²) in [6.45, 7) is 3.29. The molecule has 27 heavy (non-hydrogen) atoms. The maximum atomic E-state index is 12.7. The first-order chi connectivity index (χ1) is 12.7. The lowest BCUT2D eigenvalue weighted by molar-refractivity contribution is -0.223. The summed E-state index contributed by atoms with van der Waals surface area (Å²) in [4.78, 5) is 2.04. The zero-order valence-electron chi connectivity index (χ0n) is 14.7.